The molecule has 22 heavy (non-hydrogen) atoms. The monoisotopic (exact) mass is 310 g/mol. The average Bonchev–Trinajstić information content (AvgIpc) is 2.48. The molecule has 0 saturated carbocycles. The molecule has 5 heteroatoms. The van der Waals surface area contributed by atoms with Crippen LogP contribution in [-0.4, -0.2) is 53.7 Å². The molecule has 1 rings (SSSR count). The second-order valence-electron chi connectivity index (χ2n) is 5.47. The first-order valence-corrected chi connectivity index (χ1v) is 7.79. The second kappa shape index (κ2) is 10.4. The van der Waals surface area contributed by atoms with Crippen LogP contribution in [0.4, 0.5) is 5.69 Å². The van der Waals surface area contributed by atoms with Crippen LogP contribution in [0.3, 0.4) is 0 Å². The van der Waals surface area contributed by atoms with E-state index in [9.17, 15) is 0 Å². The Bertz CT molecular complexity index is 416. The number of nitrogens with zero attached hydrogens (tertiary/aromatic N) is 1. The molecular weight excluding hydrogens is 280 g/mol. The first-order chi connectivity index (χ1) is 10.6. The van der Waals surface area contributed by atoms with Gasteiger partial charge >= 0.3 is 0 Å². The summed E-state index contributed by atoms with van der Waals surface area (Å²) in [5.74, 6) is 0.912. The van der Waals surface area contributed by atoms with Crippen molar-refractivity contribution in [1.29, 1.82) is 0 Å². The summed E-state index contributed by atoms with van der Waals surface area (Å²) in [6, 6.07) is 6.36. The molecule has 0 fully saturated rings. The fraction of sp³-hybridized carbons (Fsp3) is 0.647. The lowest BCUT2D eigenvalue weighted by Crippen LogP contribution is -2.31. The van der Waals surface area contributed by atoms with Gasteiger partial charge in [-0.25, -0.2) is 0 Å². The van der Waals surface area contributed by atoms with Gasteiger partial charge in [-0.05, 0) is 38.6 Å². The fourth-order valence-corrected chi connectivity index (χ4v) is 2.24. The Kier molecular flexibility index (Phi) is 8.89. The van der Waals surface area contributed by atoms with Crippen molar-refractivity contribution >= 4 is 5.69 Å². The fourth-order valence-electron chi connectivity index (χ4n) is 2.24. The quantitative estimate of drug-likeness (QED) is 0.679. The number of hydrogen-bond donors (Lipinski definition) is 1. The van der Waals surface area contributed by atoms with E-state index in [1.807, 2.05) is 20.9 Å². The van der Waals surface area contributed by atoms with Gasteiger partial charge in [-0.1, -0.05) is 6.07 Å². The lowest BCUT2D eigenvalue weighted by atomic mass is 10.1. The van der Waals surface area contributed by atoms with E-state index in [2.05, 4.69) is 28.4 Å². The highest BCUT2D eigenvalue weighted by Gasteiger charge is 2.14. The van der Waals surface area contributed by atoms with Gasteiger partial charge in [0, 0.05) is 33.9 Å². The van der Waals surface area contributed by atoms with Crippen molar-refractivity contribution in [2.75, 3.05) is 52.5 Å². The molecule has 0 unspecified atom stereocenters. The first kappa shape index (κ1) is 18.7. The Morgan fingerprint density at radius 1 is 1.09 bits per heavy atom. The molecular formula is C17H30N2O3. The summed E-state index contributed by atoms with van der Waals surface area (Å²) in [4.78, 5) is 2.24. The molecule has 126 valence electrons. The molecule has 5 nitrogen and oxygen atoms in total. The highest BCUT2D eigenvalue weighted by atomic mass is 16.5. The van der Waals surface area contributed by atoms with Gasteiger partial charge in [0.1, 0.15) is 5.75 Å². The Labute approximate surface area is 134 Å². The molecule has 0 aromatic heterocycles. The SMILES string of the molecule is CNCc1ccc(N(CCOC)CCOC)c(OC(C)C)c1. The number of methoxy groups -OCH3 is 2. The van der Waals surface area contributed by atoms with Gasteiger partial charge in [0.25, 0.3) is 0 Å². The van der Waals surface area contributed by atoms with Crippen LogP contribution >= 0.6 is 0 Å². The number of benzene rings is 1. The average molecular weight is 310 g/mol. The smallest absolute Gasteiger partial charge is 0.143 e. The minimum atomic E-state index is 0.135. The molecule has 0 spiro atoms. The van der Waals surface area contributed by atoms with E-state index in [-0.39, 0.29) is 6.10 Å². The topological polar surface area (TPSA) is 43.0 Å². The molecule has 0 amide bonds. The summed E-state index contributed by atoms with van der Waals surface area (Å²) in [6.07, 6.45) is 0.135. The molecule has 1 aromatic carbocycles. The van der Waals surface area contributed by atoms with E-state index in [0.29, 0.717) is 13.2 Å². The highest BCUT2D eigenvalue weighted by molar-refractivity contribution is 5.60. The maximum Gasteiger partial charge on any atom is 0.143 e. The van der Waals surface area contributed by atoms with Crippen molar-refractivity contribution in [1.82, 2.24) is 5.32 Å². The zero-order valence-corrected chi connectivity index (χ0v) is 14.5. The van der Waals surface area contributed by atoms with Crippen molar-refractivity contribution < 1.29 is 14.2 Å². The predicted octanol–water partition coefficient (Wildman–Crippen LogP) is 2.29. The molecule has 0 aliphatic rings. The van der Waals surface area contributed by atoms with Crippen molar-refractivity contribution in [3.8, 4) is 5.75 Å². The third-order valence-corrected chi connectivity index (χ3v) is 3.24. The Morgan fingerprint density at radius 3 is 2.23 bits per heavy atom. The van der Waals surface area contributed by atoms with Crippen molar-refractivity contribution in [2.45, 2.75) is 26.5 Å². The largest absolute Gasteiger partial charge is 0.489 e. The Hall–Kier alpha value is -1.30. The molecule has 0 bridgehead atoms. The van der Waals surface area contributed by atoms with E-state index in [1.54, 1.807) is 14.2 Å². The van der Waals surface area contributed by atoms with Crippen molar-refractivity contribution in [3.63, 3.8) is 0 Å². The molecule has 0 radical (unpaired) electrons. The Balaban J connectivity index is 3.03. The summed E-state index contributed by atoms with van der Waals surface area (Å²) in [7, 11) is 5.38. The number of nitrogens with one attached hydrogen (secondary N) is 1. The van der Waals surface area contributed by atoms with Gasteiger partial charge in [0.2, 0.25) is 0 Å². The molecule has 0 heterocycles. The van der Waals surface area contributed by atoms with Crippen molar-refractivity contribution in [2.24, 2.45) is 0 Å². The molecule has 0 aliphatic heterocycles. The first-order valence-electron chi connectivity index (χ1n) is 7.79. The van der Waals surface area contributed by atoms with Gasteiger partial charge < -0.3 is 24.4 Å². The van der Waals surface area contributed by atoms with E-state index in [4.69, 9.17) is 14.2 Å². The van der Waals surface area contributed by atoms with Crippen molar-refractivity contribution in [3.05, 3.63) is 23.8 Å². The predicted molar refractivity (Wildman–Crippen MR) is 90.9 cm³/mol. The summed E-state index contributed by atoms with van der Waals surface area (Å²) < 4.78 is 16.5. The van der Waals surface area contributed by atoms with E-state index in [1.165, 1.54) is 5.56 Å². The lowest BCUT2D eigenvalue weighted by Gasteiger charge is -2.27. The number of anilines is 1. The normalized spacial score (nSPS) is 11.0. The van der Waals surface area contributed by atoms with E-state index < -0.39 is 0 Å². The number of ether oxygens (including phenoxy) is 3. The molecule has 0 atom stereocenters. The highest BCUT2D eigenvalue weighted by Crippen LogP contribution is 2.30. The minimum Gasteiger partial charge on any atom is -0.489 e. The van der Waals surface area contributed by atoms with Gasteiger partial charge in [-0.15, -0.1) is 0 Å². The van der Waals surface area contributed by atoms with Crippen LogP contribution in [0.5, 0.6) is 5.75 Å². The standard InChI is InChI=1S/C17H30N2O3/c1-14(2)22-17-12-15(13-18-3)6-7-16(17)19(8-10-20-4)9-11-21-5/h6-7,12,14,18H,8-11,13H2,1-5H3. The van der Waals surface area contributed by atoms with Crippen LogP contribution in [0, 0.1) is 0 Å². The van der Waals surface area contributed by atoms with Gasteiger partial charge in [-0.2, -0.15) is 0 Å². The summed E-state index contributed by atoms with van der Waals surface area (Å²) in [5.41, 5.74) is 2.29. The lowest BCUT2D eigenvalue weighted by molar-refractivity contribution is 0.189. The van der Waals surface area contributed by atoms with Gasteiger partial charge in [0.05, 0.1) is 25.0 Å². The van der Waals surface area contributed by atoms with Crippen LogP contribution < -0.4 is 15.0 Å². The van der Waals surface area contributed by atoms with Gasteiger partial charge in [-0.3, -0.25) is 0 Å². The zero-order chi connectivity index (χ0) is 16.4. The van der Waals surface area contributed by atoms with E-state index >= 15 is 0 Å². The number of hydrogen-bond acceptors (Lipinski definition) is 5. The molecule has 0 aliphatic carbocycles. The maximum atomic E-state index is 6.02. The minimum absolute atomic E-state index is 0.135. The maximum absolute atomic E-state index is 6.02. The van der Waals surface area contributed by atoms with Crippen LogP contribution in [0.15, 0.2) is 18.2 Å². The third-order valence-electron chi connectivity index (χ3n) is 3.24. The van der Waals surface area contributed by atoms with Crippen LogP contribution in [0.1, 0.15) is 19.4 Å². The van der Waals surface area contributed by atoms with Crippen LogP contribution in [0.25, 0.3) is 0 Å². The summed E-state index contributed by atoms with van der Waals surface area (Å²) >= 11 is 0. The molecule has 1 N–H and O–H groups in total. The second-order valence-corrected chi connectivity index (χ2v) is 5.47. The van der Waals surface area contributed by atoms with Crippen LogP contribution in [-0.2, 0) is 16.0 Å². The summed E-state index contributed by atoms with van der Waals surface area (Å²) in [5, 5.41) is 3.17. The zero-order valence-electron chi connectivity index (χ0n) is 14.5. The molecule has 1 aromatic rings. The Morgan fingerprint density at radius 2 is 1.73 bits per heavy atom. The van der Waals surface area contributed by atoms with Gasteiger partial charge in [0.15, 0.2) is 0 Å². The third kappa shape index (κ3) is 6.22. The van der Waals surface area contributed by atoms with Crippen LogP contribution in [0.2, 0.25) is 0 Å². The summed E-state index contributed by atoms with van der Waals surface area (Å²) in [6.45, 7) is 7.86. The number of rotatable bonds is 11. The van der Waals surface area contributed by atoms with E-state index in [0.717, 1.165) is 31.1 Å². The molecule has 0 saturated heterocycles.